The minimum absolute atomic E-state index is 0.133. The number of carbonyl (C=O) groups excluding carboxylic acids is 1. The molecule has 2 rings (SSSR count). The van der Waals surface area contributed by atoms with Gasteiger partial charge in [0.05, 0.1) is 26.1 Å². The smallest absolute Gasteiger partial charge is 0.237 e. The van der Waals surface area contributed by atoms with Gasteiger partial charge in [0.25, 0.3) is 0 Å². The van der Waals surface area contributed by atoms with Gasteiger partial charge < -0.3 is 24.8 Å². The molecule has 0 saturated carbocycles. The van der Waals surface area contributed by atoms with Gasteiger partial charge in [0.15, 0.2) is 15.8 Å². The van der Waals surface area contributed by atoms with Gasteiger partial charge in [-0.3, -0.25) is 4.79 Å². The summed E-state index contributed by atoms with van der Waals surface area (Å²) < 4.78 is 16.1. The first-order valence-electron chi connectivity index (χ1n) is 7.83. The Bertz CT molecular complexity index is 726. The summed E-state index contributed by atoms with van der Waals surface area (Å²) in [6.07, 6.45) is 0. The van der Waals surface area contributed by atoms with Crippen LogP contribution in [-0.2, 0) is 9.53 Å². The number of benzene rings is 1. The highest BCUT2D eigenvalue weighted by atomic mass is 32.2. The molecule has 1 aromatic heterocycles. The van der Waals surface area contributed by atoms with E-state index in [-0.39, 0.29) is 11.2 Å². The molecular weight excluding hydrogens is 376 g/mol. The highest BCUT2D eigenvalue weighted by molar-refractivity contribution is 8.02. The van der Waals surface area contributed by atoms with Gasteiger partial charge in [-0.25, -0.2) is 0 Å². The molecule has 8 nitrogen and oxygen atoms in total. The lowest BCUT2D eigenvalue weighted by Gasteiger charge is -2.13. The first kappa shape index (κ1) is 20.3. The van der Waals surface area contributed by atoms with E-state index in [1.807, 2.05) is 6.92 Å². The molecule has 1 amide bonds. The quantitative estimate of drug-likeness (QED) is 0.466. The lowest BCUT2D eigenvalue weighted by atomic mass is 10.2. The van der Waals surface area contributed by atoms with Crippen LogP contribution >= 0.6 is 23.1 Å². The van der Waals surface area contributed by atoms with Gasteiger partial charge in [0.2, 0.25) is 11.0 Å². The maximum Gasteiger partial charge on any atom is 0.237 e. The van der Waals surface area contributed by atoms with Gasteiger partial charge in [-0.15, -0.1) is 10.2 Å². The molecule has 0 spiro atoms. The number of nitrogens with zero attached hydrogens (tertiary/aromatic N) is 2. The van der Waals surface area contributed by atoms with Crippen molar-refractivity contribution in [2.75, 3.05) is 45.1 Å². The number of methoxy groups -OCH3 is 3. The van der Waals surface area contributed by atoms with Crippen molar-refractivity contribution in [1.82, 2.24) is 10.2 Å². The van der Waals surface area contributed by atoms with Crippen LogP contribution in [0.2, 0.25) is 0 Å². The number of carbonyl (C=O) groups is 1. The van der Waals surface area contributed by atoms with E-state index in [1.54, 1.807) is 39.5 Å². The van der Waals surface area contributed by atoms with E-state index < -0.39 is 0 Å². The second kappa shape index (κ2) is 10.2. The van der Waals surface area contributed by atoms with E-state index in [2.05, 4.69) is 20.8 Å². The lowest BCUT2D eigenvalue weighted by molar-refractivity contribution is -0.115. The average molecular weight is 399 g/mol. The zero-order valence-corrected chi connectivity index (χ0v) is 16.7. The number of hydrogen-bond acceptors (Lipinski definition) is 9. The van der Waals surface area contributed by atoms with Gasteiger partial charge in [0, 0.05) is 25.4 Å². The summed E-state index contributed by atoms with van der Waals surface area (Å²) in [6, 6.07) is 5.23. The van der Waals surface area contributed by atoms with E-state index in [1.165, 1.54) is 23.1 Å². The highest BCUT2D eigenvalue weighted by Crippen LogP contribution is 2.31. The SMILES string of the molecule is COCCNc1nnc(SC(C)C(=O)Nc2ccc(OC)c(OC)c2)s1. The van der Waals surface area contributed by atoms with E-state index >= 15 is 0 Å². The molecule has 1 heterocycles. The van der Waals surface area contributed by atoms with Gasteiger partial charge in [-0.2, -0.15) is 0 Å². The maximum atomic E-state index is 12.4. The summed E-state index contributed by atoms with van der Waals surface area (Å²) in [5, 5.41) is 14.5. The Morgan fingerprint density at radius 2 is 2.00 bits per heavy atom. The lowest BCUT2D eigenvalue weighted by Crippen LogP contribution is -2.22. The minimum Gasteiger partial charge on any atom is -0.493 e. The summed E-state index contributed by atoms with van der Waals surface area (Å²) in [5.74, 6) is 1.03. The Balaban J connectivity index is 1.91. The summed E-state index contributed by atoms with van der Waals surface area (Å²) in [4.78, 5) is 12.4. The Kier molecular flexibility index (Phi) is 7.95. The van der Waals surface area contributed by atoms with E-state index in [9.17, 15) is 4.79 Å². The molecule has 0 radical (unpaired) electrons. The number of ether oxygens (including phenoxy) is 3. The van der Waals surface area contributed by atoms with Gasteiger partial charge >= 0.3 is 0 Å². The van der Waals surface area contributed by atoms with Crippen molar-refractivity contribution in [1.29, 1.82) is 0 Å². The number of amides is 1. The van der Waals surface area contributed by atoms with Crippen LogP contribution in [0.3, 0.4) is 0 Å². The van der Waals surface area contributed by atoms with Crippen LogP contribution in [0.25, 0.3) is 0 Å². The fraction of sp³-hybridized carbons (Fsp3) is 0.438. The third-order valence-electron chi connectivity index (χ3n) is 3.29. The third-order valence-corrected chi connectivity index (χ3v) is 5.35. The predicted octanol–water partition coefficient (Wildman–Crippen LogP) is 2.73. The molecule has 10 heteroatoms. The maximum absolute atomic E-state index is 12.4. The normalized spacial score (nSPS) is 11.7. The number of nitrogens with one attached hydrogen (secondary N) is 2. The number of anilines is 2. The van der Waals surface area contributed by atoms with Gasteiger partial charge in [-0.05, 0) is 19.1 Å². The molecule has 142 valence electrons. The van der Waals surface area contributed by atoms with Crippen LogP contribution in [0.1, 0.15) is 6.92 Å². The standard InChI is InChI=1S/C16H22N4O4S2/c1-10(25-16-20-19-15(26-16)17-7-8-22-2)14(21)18-11-5-6-12(23-3)13(9-11)24-4/h5-6,9-10H,7-8H2,1-4H3,(H,17,19)(H,18,21). The molecule has 0 aliphatic heterocycles. The summed E-state index contributed by atoms with van der Waals surface area (Å²) in [5.41, 5.74) is 0.638. The molecule has 0 aliphatic carbocycles. The van der Waals surface area contributed by atoms with Crippen molar-refractivity contribution in [3.8, 4) is 11.5 Å². The zero-order chi connectivity index (χ0) is 18.9. The first-order chi connectivity index (χ1) is 12.6. The van der Waals surface area contributed by atoms with Crippen molar-refractivity contribution >= 4 is 39.8 Å². The molecule has 0 saturated heterocycles. The predicted molar refractivity (Wildman–Crippen MR) is 104 cm³/mol. The van der Waals surface area contributed by atoms with Crippen LogP contribution in [0.4, 0.5) is 10.8 Å². The molecule has 0 aliphatic rings. The fourth-order valence-electron chi connectivity index (χ4n) is 1.95. The molecular formula is C16H22N4O4S2. The molecule has 1 atom stereocenters. The Morgan fingerprint density at radius 1 is 1.23 bits per heavy atom. The monoisotopic (exact) mass is 398 g/mol. The van der Waals surface area contributed by atoms with E-state index in [4.69, 9.17) is 14.2 Å². The second-order valence-corrected chi connectivity index (χ2v) is 7.68. The Hall–Kier alpha value is -2.04. The van der Waals surface area contributed by atoms with Crippen LogP contribution in [0.15, 0.2) is 22.5 Å². The van der Waals surface area contributed by atoms with Crippen LogP contribution in [0, 0.1) is 0 Å². The van der Waals surface area contributed by atoms with Crippen molar-refractivity contribution in [3.05, 3.63) is 18.2 Å². The largest absolute Gasteiger partial charge is 0.493 e. The summed E-state index contributed by atoms with van der Waals surface area (Å²) in [6.45, 7) is 3.07. The molecule has 2 aromatic rings. The molecule has 1 aromatic carbocycles. The molecule has 26 heavy (non-hydrogen) atoms. The van der Waals surface area contributed by atoms with E-state index in [0.717, 1.165) is 4.34 Å². The fourth-order valence-corrected chi connectivity index (χ4v) is 3.87. The molecule has 2 N–H and O–H groups in total. The number of rotatable bonds is 10. The van der Waals surface area contributed by atoms with Gasteiger partial charge in [0.1, 0.15) is 0 Å². The molecule has 0 fully saturated rings. The van der Waals surface area contributed by atoms with Crippen molar-refractivity contribution in [2.45, 2.75) is 16.5 Å². The molecule has 0 bridgehead atoms. The first-order valence-corrected chi connectivity index (χ1v) is 9.52. The molecule has 1 unspecified atom stereocenters. The topological polar surface area (TPSA) is 94.6 Å². The Labute approximate surface area is 160 Å². The third kappa shape index (κ3) is 5.75. The summed E-state index contributed by atoms with van der Waals surface area (Å²) in [7, 11) is 4.76. The highest BCUT2D eigenvalue weighted by Gasteiger charge is 2.18. The van der Waals surface area contributed by atoms with Crippen molar-refractivity contribution in [3.63, 3.8) is 0 Å². The minimum atomic E-state index is -0.331. The van der Waals surface area contributed by atoms with Crippen molar-refractivity contribution in [2.24, 2.45) is 0 Å². The van der Waals surface area contributed by atoms with Gasteiger partial charge in [-0.1, -0.05) is 23.1 Å². The van der Waals surface area contributed by atoms with Crippen LogP contribution in [0.5, 0.6) is 11.5 Å². The number of aromatic nitrogens is 2. The number of thioether (sulfide) groups is 1. The second-order valence-electron chi connectivity index (χ2n) is 5.11. The van der Waals surface area contributed by atoms with Crippen molar-refractivity contribution < 1.29 is 19.0 Å². The van der Waals surface area contributed by atoms with E-state index in [0.29, 0.717) is 35.5 Å². The average Bonchev–Trinajstić information content (AvgIpc) is 3.09. The van der Waals surface area contributed by atoms with Crippen LogP contribution < -0.4 is 20.1 Å². The van der Waals surface area contributed by atoms with Crippen LogP contribution in [-0.4, -0.2) is 55.8 Å². The summed E-state index contributed by atoms with van der Waals surface area (Å²) >= 11 is 2.76. The Morgan fingerprint density at radius 3 is 2.69 bits per heavy atom. The number of hydrogen-bond donors (Lipinski definition) is 2. The zero-order valence-electron chi connectivity index (χ0n) is 15.1.